The second-order valence-corrected chi connectivity index (χ2v) is 8.56. The van der Waals surface area contributed by atoms with Crippen LogP contribution in [0.4, 0.5) is 0 Å². The molecule has 2 aromatic heterocycles. The molecule has 0 N–H and O–H groups in total. The Bertz CT molecular complexity index is 1070. The molecule has 3 heterocycles. The van der Waals surface area contributed by atoms with E-state index in [2.05, 4.69) is 6.58 Å². The minimum atomic E-state index is -0.0958. The van der Waals surface area contributed by atoms with E-state index in [0.29, 0.717) is 24.1 Å². The summed E-state index contributed by atoms with van der Waals surface area (Å²) in [5, 5.41) is 1.41. The van der Waals surface area contributed by atoms with Crippen LogP contribution < -0.4 is 15.0 Å². The van der Waals surface area contributed by atoms with Crippen LogP contribution in [0.15, 0.2) is 46.9 Å². The number of thioether (sulfide) groups is 1. The number of hydrogen-bond acceptors (Lipinski definition) is 6. The summed E-state index contributed by atoms with van der Waals surface area (Å²) in [4.78, 5) is 19.7. The van der Waals surface area contributed by atoms with Crippen LogP contribution in [0, 0.1) is 13.8 Å². The zero-order valence-electron chi connectivity index (χ0n) is 15.2. The standard InChI is InChI=1S/C20H20N2O3S2/c1-4-9-22-19(23)17-12(2)13(3)27-18(17)21-20(22)26-11-14-10-24-15-7-5-6-8-16(15)25-14/h4-8,14H,1,9-11H2,2-3H3/t14-/m0/s1. The molecule has 0 bridgehead atoms. The fourth-order valence-electron chi connectivity index (χ4n) is 3.02. The Hall–Kier alpha value is -2.25. The van der Waals surface area contributed by atoms with Gasteiger partial charge in [0.15, 0.2) is 16.7 Å². The second-order valence-electron chi connectivity index (χ2n) is 6.37. The molecule has 0 aliphatic carbocycles. The molecule has 1 atom stereocenters. The first-order valence-electron chi connectivity index (χ1n) is 8.71. The van der Waals surface area contributed by atoms with Crippen molar-refractivity contribution in [1.82, 2.24) is 9.55 Å². The van der Waals surface area contributed by atoms with Gasteiger partial charge in [-0.25, -0.2) is 4.98 Å². The molecular formula is C20H20N2O3S2. The average molecular weight is 401 g/mol. The van der Waals surface area contributed by atoms with E-state index in [1.807, 2.05) is 38.1 Å². The van der Waals surface area contributed by atoms with Crippen LogP contribution in [0.25, 0.3) is 10.2 Å². The van der Waals surface area contributed by atoms with Crippen LogP contribution in [0.3, 0.4) is 0 Å². The first kappa shape index (κ1) is 18.1. The third-order valence-electron chi connectivity index (χ3n) is 4.53. The number of benzene rings is 1. The maximum absolute atomic E-state index is 13.0. The molecule has 0 saturated heterocycles. The predicted molar refractivity (Wildman–Crippen MR) is 111 cm³/mol. The van der Waals surface area contributed by atoms with Crippen LogP contribution in [0.5, 0.6) is 11.5 Å². The number of para-hydroxylation sites is 2. The highest BCUT2D eigenvalue weighted by Gasteiger charge is 2.22. The van der Waals surface area contributed by atoms with Gasteiger partial charge in [-0.15, -0.1) is 17.9 Å². The molecule has 0 spiro atoms. The number of fused-ring (bicyclic) bond motifs is 2. The van der Waals surface area contributed by atoms with Gasteiger partial charge in [0.05, 0.1) is 5.39 Å². The normalized spacial score (nSPS) is 15.9. The van der Waals surface area contributed by atoms with E-state index >= 15 is 0 Å². The van der Waals surface area contributed by atoms with E-state index < -0.39 is 0 Å². The highest BCUT2D eigenvalue weighted by molar-refractivity contribution is 7.99. The van der Waals surface area contributed by atoms with E-state index in [4.69, 9.17) is 14.5 Å². The average Bonchev–Trinajstić information content (AvgIpc) is 2.96. The lowest BCUT2D eigenvalue weighted by Gasteiger charge is -2.26. The van der Waals surface area contributed by atoms with Gasteiger partial charge in [0.25, 0.3) is 5.56 Å². The maximum Gasteiger partial charge on any atom is 0.263 e. The highest BCUT2D eigenvalue weighted by Crippen LogP contribution is 2.33. The van der Waals surface area contributed by atoms with Crippen molar-refractivity contribution in [3.05, 3.63) is 57.7 Å². The number of ether oxygens (including phenoxy) is 2. The Labute approximate surface area is 165 Å². The van der Waals surface area contributed by atoms with Crippen molar-refractivity contribution in [1.29, 1.82) is 0 Å². The zero-order chi connectivity index (χ0) is 19.0. The van der Waals surface area contributed by atoms with Gasteiger partial charge in [0, 0.05) is 17.2 Å². The molecule has 140 valence electrons. The van der Waals surface area contributed by atoms with Crippen LogP contribution in [-0.2, 0) is 6.54 Å². The van der Waals surface area contributed by atoms with Crippen molar-refractivity contribution in [3.63, 3.8) is 0 Å². The molecule has 1 aliphatic heterocycles. The lowest BCUT2D eigenvalue weighted by molar-refractivity contribution is 0.107. The molecule has 0 amide bonds. The molecule has 27 heavy (non-hydrogen) atoms. The SMILES string of the molecule is C=CCn1c(SC[C@@H]2COc3ccccc3O2)nc2sc(C)c(C)c2c1=O. The van der Waals surface area contributed by atoms with Gasteiger partial charge in [-0.1, -0.05) is 30.0 Å². The minimum Gasteiger partial charge on any atom is -0.486 e. The molecule has 3 aromatic rings. The lowest BCUT2D eigenvalue weighted by Crippen LogP contribution is -2.31. The van der Waals surface area contributed by atoms with Crippen molar-refractivity contribution in [2.24, 2.45) is 0 Å². The third-order valence-corrected chi connectivity index (χ3v) is 6.74. The van der Waals surface area contributed by atoms with Crippen LogP contribution in [0.2, 0.25) is 0 Å². The van der Waals surface area contributed by atoms with Crippen molar-refractivity contribution in [3.8, 4) is 11.5 Å². The Morgan fingerprint density at radius 3 is 2.93 bits per heavy atom. The minimum absolute atomic E-state index is 0.00425. The summed E-state index contributed by atoms with van der Waals surface area (Å²) in [6.07, 6.45) is 1.63. The van der Waals surface area contributed by atoms with E-state index in [1.165, 1.54) is 11.8 Å². The Kier molecular flexibility index (Phi) is 4.97. The smallest absolute Gasteiger partial charge is 0.263 e. The maximum atomic E-state index is 13.0. The predicted octanol–water partition coefficient (Wildman–Crippen LogP) is 4.19. The summed E-state index contributed by atoms with van der Waals surface area (Å²) < 4.78 is 13.5. The molecular weight excluding hydrogens is 380 g/mol. The van der Waals surface area contributed by atoms with Crippen LogP contribution in [-0.4, -0.2) is 28.0 Å². The first-order chi connectivity index (χ1) is 13.1. The summed E-state index contributed by atoms with van der Waals surface area (Å²) >= 11 is 3.08. The molecule has 1 aromatic carbocycles. The molecule has 0 unspecified atom stereocenters. The number of aryl methyl sites for hydroxylation is 2. The quantitative estimate of drug-likeness (QED) is 0.365. The monoisotopic (exact) mass is 400 g/mol. The number of hydrogen-bond donors (Lipinski definition) is 0. The fraction of sp³-hybridized carbons (Fsp3) is 0.300. The summed E-state index contributed by atoms with van der Waals surface area (Å²) in [7, 11) is 0. The molecule has 0 saturated carbocycles. The number of rotatable bonds is 5. The van der Waals surface area contributed by atoms with Gasteiger partial charge in [0.1, 0.15) is 17.5 Å². The highest BCUT2D eigenvalue weighted by atomic mass is 32.2. The van der Waals surface area contributed by atoms with Gasteiger partial charge in [0.2, 0.25) is 0 Å². The van der Waals surface area contributed by atoms with Crippen molar-refractivity contribution < 1.29 is 9.47 Å². The van der Waals surface area contributed by atoms with Crippen molar-refractivity contribution >= 4 is 33.3 Å². The molecule has 5 nitrogen and oxygen atoms in total. The summed E-state index contributed by atoms with van der Waals surface area (Å²) in [5.41, 5.74) is 1.01. The number of thiophene rings is 1. The largest absolute Gasteiger partial charge is 0.486 e. The number of allylic oxidation sites excluding steroid dienone is 1. The number of aromatic nitrogens is 2. The summed E-state index contributed by atoms with van der Waals surface area (Å²) in [6, 6.07) is 7.66. The third kappa shape index (κ3) is 3.37. The zero-order valence-corrected chi connectivity index (χ0v) is 16.9. The molecule has 4 rings (SSSR count). The van der Waals surface area contributed by atoms with Gasteiger partial charge >= 0.3 is 0 Å². The fourth-order valence-corrected chi connectivity index (χ4v) is 5.07. The van der Waals surface area contributed by atoms with Crippen molar-refractivity contribution in [2.45, 2.75) is 31.7 Å². The molecule has 1 aliphatic rings. The van der Waals surface area contributed by atoms with Crippen LogP contribution >= 0.6 is 23.1 Å². The van der Waals surface area contributed by atoms with Crippen molar-refractivity contribution in [2.75, 3.05) is 12.4 Å². The molecule has 7 heteroatoms. The van der Waals surface area contributed by atoms with Gasteiger partial charge in [-0.05, 0) is 31.5 Å². The summed E-state index contributed by atoms with van der Waals surface area (Å²) in [6.45, 7) is 8.70. The molecule has 0 radical (unpaired) electrons. The Balaban J connectivity index is 1.61. The van der Waals surface area contributed by atoms with Gasteiger partial charge in [-0.2, -0.15) is 0 Å². The second kappa shape index (κ2) is 7.40. The Morgan fingerprint density at radius 1 is 1.37 bits per heavy atom. The van der Waals surface area contributed by atoms with Gasteiger partial charge in [-0.3, -0.25) is 9.36 Å². The first-order valence-corrected chi connectivity index (χ1v) is 10.5. The Morgan fingerprint density at radius 2 is 2.15 bits per heavy atom. The topological polar surface area (TPSA) is 53.4 Å². The lowest BCUT2D eigenvalue weighted by atomic mass is 10.2. The van der Waals surface area contributed by atoms with E-state index in [0.717, 1.165) is 32.2 Å². The number of nitrogens with zero attached hydrogens (tertiary/aromatic N) is 2. The summed E-state index contributed by atoms with van der Waals surface area (Å²) in [5.74, 6) is 2.17. The van der Waals surface area contributed by atoms with E-state index in [1.54, 1.807) is 22.0 Å². The van der Waals surface area contributed by atoms with E-state index in [-0.39, 0.29) is 11.7 Å². The van der Waals surface area contributed by atoms with E-state index in [9.17, 15) is 4.79 Å². The van der Waals surface area contributed by atoms with Gasteiger partial charge < -0.3 is 9.47 Å². The molecule has 0 fully saturated rings. The van der Waals surface area contributed by atoms with Crippen LogP contribution in [0.1, 0.15) is 10.4 Å².